The van der Waals surface area contributed by atoms with Gasteiger partial charge in [-0.15, -0.1) is 0 Å². The van der Waals surface area contributed by atoms with Crippen LogP contribution < -0.4 is 9.62 Å². The quantitative estimate of drug-likeness (QED) is 0.851. The van der Waals surface area contributed by atoms with E-state index in [4.69, 9.17) is 0 Å². The maximum Gasteiger partial charge on any atom is 0.242 e. The lowest BCUT2D eigenvalue weighted by molar-refractivity contribution is 0.262. The van der Waals surface area contributed by atoms with Gasteiger partial charge in [-0.2, -0.15) is 0 Å². The van der Waals surface area contributed by atoms with Crippen LogP contribution in [0.4, 0.5) is 5.69 Å². The number of pyridine rings is 1. The maximum atomic E-state index is 12.1. The summed E-state index contributed by atoms with van der Waals surface area (Å²) in [5.74, 6) is 0. The van der Waals surface area contributed by atoms with E-state index in [1.807, 2.05) is 6.07 Å². The molecule has 0 unspecified atom stereocenters. The summed E-state index contributed by atoms with van der Waals surface area (Å²) < 4.78 is 26.9. The number of nitrogens with one attached hydrogen (secondary N) is 1. The van der Waals surface area contributed by atoms with Crippen LogP contribution in [0.1, 0.15) is 0 Å². The molecule has 24 heavy (non-hydrogen) atoms. The van der Waals surface area contributed by atoms with Gasteiger partial charge in [-0.1, -0.05) is 18.2 Å². The van der Waals surface area contributed by atoms with E-state index in [9.17, 15) is 8.42 Å². The topological polar surface area (TPSA) is 65.5 Å². The summed E-state index contributed by atoms with van der Waals surface area (Å²) in [6.07, 6.45) is 2.92. The molecule has 1 saturated heterocycles. The van der Waals surface area contributed by atoms with Crippen molar-refractivity contribution in [2.24, 2.45) is 0 Å². The van der Waals surface area contributed by atoms with E-state index < -0.39 is 10.0 Å². The first-order chi connectivity index (χ1) is 11.6. The average Bonchev–Trinajstić information content (AvgIpc) is 2.64. The molecule has 2 heterocycles. The van der Waals surface area contributed by atoms with E-state index in [1.165, 1.54) is 11.9 Å². The molecule has 0 aliphatic carbocycles. The number of para-hydroxylation sites is 1. The molecule has 1 N–H and O–H groups in total. The minimum Gasteiger partial charge on any atom is -0.369 e. The zero-order chi connectivity index (χ0) is 16.8. The molecule has 0 bridgehead atoms. The average molecular weight is 346 g/mol. The largest absolute Gasteiger partial charge is 0.369 e. The van der Waals surface area contributed by atoms with Crippen LogP contribution in [-0.4, -0.2) is 57.6 Å². The zero-order valence-electron chi connectivity index (χ0n) is 13.5. The van der Waals surface area contributed by atoms with Crippen molar-refractivity contribution in [2.45, 2.75) is 4.90 Å². The molecule has 0 amide bonds. The monoisotopic (exact) mass is 346 g/mol. The van der Waals surface area contributed by atoms with E-state index >= 15 is 0 Å². The molecule has 1 aromatic heterocycles. The Labute approximate surface area is 143 Å². The Morgan fingerprint density at radius 3 is 2.42 bits per heavy atom. The number of hydrogen-bond acceptors (Lipinski definition) is 5. The predicted molar refractivity (Wildman–Crippen MR) is 94.5 cm³/mol. The molecule has 0 spiro atoms. The number of nitrogens with zero attached hydrogens (tertiary/aromatic N) is 3. The molecule has 7 heteroatoms. The van der Waals surface area contributed by atoms with Crippen molar-refractivity contribution >= 4 is 15.7 Å². The number of aromatic nitrogens is 1. The van der Waals surface area contributed by atoms with E-state index in [2.05, 4.69) is 43.8 Å². The molecule has 2 aromatic rings. The Balaban J connectivity index is 1.44. The van der Waals surface area contributed by atoms with Gasteiger partial charge in [-0.05, 0) is 24.3 Å². The maximum absolute atomic E-state index is 12.1. The van der Waals surface area contributed by atoms with Gasteiger partial charge in [0, 0.05) is 57.3 Å². The Bertz CT molecular complexity index is 730. The van der Waals surface area contributed by atoms with E-state index in [1.54, 1.807) is 18.3 Å². The number of sulfonamides is 1. The summed E-state index contributed by atoms with van der Waals surface area (Å²) in [6.45, 7) is 4.90. The van der Waals surface area contributed by atoms with Crippen molar-refractivity contribution in [3.8, 4) is 0 Å². The minimum atomic E-state index is -3.46. The van der Waals surface area contributed by atoms with Crippen LogP contribution in [0, 0.1) is 0 Å². The molecular formula is C17H22N4O2S. The lowest BCUT2D eigenvalue weighted by Gasteiger charge is -2.36. The van der Waals surface area contributed by atoms with Crippen molar-refractivity contribution in [3.63, 3.8) is 0 Å². The highest BCUT2D eigenvalue weighted by Gasteiger charge is 2.18. The minimum absolute atomic E-state index is 0.207. The third-order valence-corrected chi connectivity index (χ3v) is 5.60. The third-order valence-electron chi connectivity index (χ3n) is 4.16. The fourth-order valence-electron chi connectivity index (χ4n) is 2.80. The van der Waals surface area contributed by atoms with Gasteiger partial charge < -0.3 is 4.90 Å². The molecular weight excluding hydrogens is 324 g/mol. The van der Waals surface area contributed by atoms with E-state index in [-0.39, 0.29) is 4.90 Å². The lowest BCUT2D eigenvalue weighted by Crippen LogP contribution is -2.48. The third kappa shape index (κ3) is 4.31. The number of benzene rings is 1. The van der Waals surface area contributed by atoms with E-state index in [0.29, 0.717) is 13.1 Å². The van der Waals surface area contributed by atoms with Gasteiger partial charge in [0.25, 0.3) is 0 Å². The Morgan fingerprint density at radius 2 is 1.75 bits per heavy atom. The van der Waals surface area contributed by atoms with Gasteiger partial charge in [0.2, 0.25) is 10.0 Å². The van der Waals surface area contributed by atoms with Crippen LogP contribution >= 0.6 is 0 Å². The first-order valence-electron chi connectivity index (χ1n) is 8.07. The number of hydrogen-bond donors (Lipinski definition) is 1. The van der Waals surface area contributed by atoms with Crippen LogP contribution in [-0.2, 0) is 10.0 Å². The van der Waals surface area contributed by atoms with Gasteiger partial charge in [0.1, 0.15) is 4.90 Å². The Hall–Kier alpha value is -1.96. The molecule has 0 atom stereocenters. The van der Waals surface area contributed by atoms with Gasteiger partial charge in [0.15, 0.2) is 0 Å². The zero-order valence-corrected chi connectivity index (χ0v) is 14.3. The van der Waals surface area contributed by atoms with Crippen LogP contribution in [0.3, 0.4) is 0 Å². The highest BCUT2D eigenvalue weighted by atomic mass is 32.2. The fourth-order valence-corrected chi connectivity index (χ4v) is 3.78. The summed E-state index contributed by atoms with van der Waals surface area (Å²) in [7, 11) is -3.46. The van der Waals surface area contributed by atoms with E-state index in [0.717, 1.165) is 26.2 Å². The van der Waals surface area contributed by atoms with Crippen molar-refractivity contribution in [1.29, 1.82) is 0 Å². The van der Waals surface area contributed by atoms with Crippen molar-refractivity contribution < 1.29 is 8.42 Å². The summed E-state index contributed by atoms with van der Waals surface area (Å²) in [5, 5.41) is 0. The first-order valence-corrected chi connectivity index (χ1v) is 9.55. The molecule has 1 fully saturated rings. The number of piperazine rings is 1. The predicted octanol–water partition coefficient (Wildman–Crippen LogP) is 1.18. The van der Waals surface area contributed by atoms with Crippen LogP contribution in [0.2, 0.25) is 0 Å². The second-order valence-corrected chi connectivity index (χ2v) is 7.52. The van der Waals surface area contributed by atoms with Gasteiger partial charge >= 0.3 is 0 Å². The second kappa shape index (κ2) is 7.74. The molecule has 6 nitrogen and oxygen atoms in total. The second-order valence-electron chi connectivity index (χ2n) is 5.75. The number of anilines is 1. The van der Waals surface area contributed by atoms with Gasteiger partial charge in [0.05, 0.1) is 0 Å². The normalized spacial score (nSPS) is 16.2. The summed E-state index contributed by atoms with van der Waals surface area (Å²) in [6, 6.07) is 13.5. The van der Waals surface area contributed by atoms with Crippen molar-refractivity contribution in [1.82, 2.24) is 14.6 Å². The lowest BCUT2D eigenvalue weighted by atomic mass is 10.2. The SMILES string of the molecule is O=S(=O)(NCCN1CCN(c2ccccc2)CC1)c1cccnc1. The van der Waals surface area contributed by atoms with Crippen LogP contribution in [0.25, 0.3) is 0 Å². The number of rotatable bonds is 6. The smallest absolute Gasteiger partial charge is 0.242 e. The molecule has 1 aliphatic rings. The Morgan fingerprint density at radius 1 is 1.00 bits per heavy atom. The van der Waals surface area contributed by atoms with Gasteiger partial charge in [-0.25, -0.2) is 13.1 Å². The van der Waals surface area contributed by atoms with Crippen LogP contribution in [0.15, 0.2) is 59.8 Å². The molecule has 0 radical (unpaired) electrons. The van der Waals surface area contributed by atoms with Crippen molar-refractivity contribution in [3.05, 3.63) is 54.9 Å². The first kappa shape index (κ1) is 16.9. The van der Waals surface area contributed by atoms with Gasteiger partial charge in [-0.3, -0.25) is 9.88 Å². The Kier molecular flexibility index (Phi) is 5.44. The molecule has 0 saturated carbocycles. The standard InChI is InChI=1S/C17H22N4O2S/c22-24(23,17-7-4-8-18-15-17)19-9-10-20-11-13-21(14-12-20)16-5-2-1-3-6-16/h1-8,15,19H,9-14H2. The summed E-state index contributed by atoms with van der Waals surface area (Å²) in [5.41, 5.74) is 1.24. The molecule has 3 rings (SSSR count). The fraction of sp³-hybridized carbons (Fsp3) is 0.353. The summed E-state index contributed by atoms with van der Waals surface area (Å²) >= 11 is 0. The highest BCUT2D eigenvalue weighted by molar-refractivity contribution is 7.89. The highest BCUT2D eigenvalue weighted by Crippen LogP contribution is 2.15. The van der Waals surface area contributed by atoms with Crippen LogP contribution in [0.5, 0.6) is 0 Å². The molecule has 1 aromatic carbocycles. The molecule has 1 aliphatic heterocycles. The molecule has 128 valence electrons. The summed E-state index contributed by atoms with van der Waals surface area (Å²) in [4.78, 5) is 8.70. The van der Waals surface area contributed by atoms with Crippen molar-refractivity contribution in [2.75, 3.05) is 44.2 Å².